The van der Waals surface area contributed by atoms with Gasteiger partial charge in [0.2, 0.25) is 0 Å². The van der Waals surface area contributed by atoms with E-state index >= 15 is 0 Å². The fraction of sp³-hybridized carbons (Fsp3) is 0. The first-order chi connectivity index (χ1) is 21.7. The minimum absolute atomic E-state index is 1.09. The van der Waals surface area contributed by atoms with E-state index in [1.807, 2.05) is 0 Å². The van der Waals surface area contributed by atoms with Crippen LogP contribution in [0.2, 0.25) is 0 Å². The molecular weight excluding hydrogens is 598 g/mol. The van der Waals surface area contributed by atoms with Crippen molar-refractivity contribution >= 4 is 37.7 Å². The summed E-state index contributed by atoms with van der Waals surface area (Å²) in [7, 11) is 0. The van der Waals surface area contributed by atoms with Gasteiger partial charge < -0.3 is 4.57 Å². The first-order valence-electron chi connectivity index (χ1n) is 14.9. The van der Waals surface area contributed by atoms with E-state index in [4.69, 9.17) is 0 Å². The van der Waals surface area contributed by atoms with Crippen LogP contribution in [-0.4, -0.2) is 4.57 Å². The van der Waals surface area contributed by atoms with Crippen LogP contribution in [0.25, 0.3) is 72.0 Å². The Morgan fingerprint density at radius 2 is 0.909 bits per heavy atom. The van der Waals surface area contributed by atoms with Crippen molar-refractivity contribution in [1.82, 2.24) is 4.57 Å². The molecule has 0 amide bonds. The lowest BCUT2D eigenvalue weighted by Crippen LogP contribution is -1.96. The van der Waals surface area contributed by atoms with Crippen LogP contribution in [0.1, 0.15) is 0 Å². The smallest absolute Gasteiger partial charge is 0.0547 e. The second-order valence-electron chi connectivity index (χ2n) is 11.1. The Labute approximate surface area is 265 Å². The van der Waals surface area contributed by atoms with Crippen LogP contribution in [0.5, 0.6) is 0 Å². The molecule has 0 saturated carbocycles. The van der Waals surface area contributed by atoms with Crippen molar-refractivity contribution in [1.29, 1.82) is 0 Å². The van der Waals surface area contributed by atoms with Gasteiger partial charge in [-0.1, -0.05) is 149 Å². The zero-order chi connectivity index (χ0) is 29.5. The fourth-order valence-electron chi connectivity index (χ4n) is 6.35. The van der Waals surface area contributed by atoms with Gasteiger partial charge in [0.1, 0.15) is 0 Å². The summed E-state index contributed by atoms with van der Waals surface area (Å²) in [5.74, 6) is 0. The Morgan fingerprint density at radius 3 is 1.61 bits per heavy atom. The van der Waals surface area contributed by atoms with E-state index in [-0.39, 0.29) is 0 Å². The van der Waals surface area contributed by atoms with E-state index in [2.05, 4.69) is 190 Å². The van der Waals surface area contributed by atoms with Crippen molar-refractivity contribution in [2.24, 2.45) is 0 Å². The summed E-state index contributed by atoms with van der Waals surface area (Å²) in [4.78, 5) is 0. The van der Waals surface area contributed by atoms with E-state index in [9.17, 15) is 0 Å². The minimum Gasteiger partial charge on any atom is -0.309 e. The summed E-state index contributed by atoms with van der Waals surface area (Å²) in [5, 5.41) is 2.51. The summed E-state index contributed by atoms with van der Waals surface area (Å²) < 4.78 is 3.51. The molecule has 0 fully saturated rings. The Kier molecular flexibility index (Phi) is 6.70. The molecule has 1 nitrogen and oxygen atoms in total. The number of aromatic nitrogens is 1. The highest BCUT2D eigenvalue weighted by Crippen LogP contribution is 2.39. The number of halogens is 1. The van der Waals surface area contributed by atoms with Crippen LogP contribution in [0, 0.1) is 0 Å². The average Bonchev–Trinajstić information content (AvgIpc) is 3.42. The zero-order valence-electron chi connectivity index (χ0n) is 24.0. The molecular formula is C42H28BrN. The van der Waals surface area contributed by atoms with E-state index in [1.165, 1.54) is 66.3 Å². The topological polar surface area (TPSA) is 4.93 Å². The lowest BCUT2D eigenvalue weighted by Gasteiger charge is -2.15. The monoisotopic (exact) mass is 625 g/mol. The maximum absolute atomic E-state index is 3.61. The van der Waals surface area contributed by atoms with Gasteiger partial charge in [-0.2, -0.15) is 0 Å². The number of fused-ring (bicyclic) bond motifs is 3. The average molecular weight is 627 g/mol. The van der Waals surface area contributed by atoms with Crippen molar-refractivity contribution < 1.29 is 0 Å². The van der Waals surface area contributed by atoms with Crippen molar-refractivity contribution in [3.63, 3.8) is 0 Å². The molecule has 0 aliphatic carbocycles. The molecule has 44 heavy (non-hydrogen) atoms. The van der Waals surface area contributed by atoms with Gasteiger partial charge in [0.25, 0.3) is 0 Å². The van der Waals surface area contributed by atoms with E-state index < -0.39 is 0 Å². The third kappa shape index (κ3) is 4.74. The maximum Gasteiger partial charge on any atom is 0.0547 e. The number of rotatable bonds is 5. The van der Waals surface area contributed by atoms with Gasteiger partial charge in [0, 0.05) is 20.9 Å². The molecule has 0 aliphatic heterocycles. The number of para-hydroxylation sites is 1. The minimum atomic E-state index is 1.09. The van der Waals surface area contributed by atoms with E-state index in [1.54, 1.807) is 0 Å². The lowest BCUT2D eigenvalue weighted by atomic mass is 9.94. The summed E-state index contributed by atoms with van der Waals surface area (Å²) in [6, 6.07) is 61.2. The quantitative estimate of drug-likeness (QED) is 0.179. The molecule has 0 aliphatic rings. The Bertz CT molecular complexity index is 2260. The van der Waals surface area contributed by atoms with Gasteiger partial charge >= 0.3 is 0 Å². The van der Waals surface area contributed by atoms with Crippen LogP contribution >= 0.6 is 15.9 Å². The van der Waals surface area contributed by atoms with Gasteiger partial charge in [0.05, 0.1) is 11.0 Å². The molecule has 0 N–H and O–H groups in total. The van der Waals surface area contributed by atoms with Crippen molar-refractivity contribution in [3.8, 4) is 50.2 Å². The molecule has 0 radical (unpaired) electrons. The molecule has 0 saturated heterocycles. The molecule has 1 aromatic heterocycles. The first kappa shape index (κ1) is 26.4. The van der Waals surface area contributed by atoms with Gasteiger partial charge in [-0.05, 0) is 80.9 Å². The van der Waals surface area contributed by atoms with Crippen LogP contribution in [0.4, 0.5) is 0 Å². The second kappa shape index (κ2) is 11.1. The predicted octanol–water partition coefficient (Wildman–Crippen LogP) is 12.2. The molecule has 8 aromatic rings. The largest absolute Gasteiger partial charge is 0.309 e. The summed E-state index contributed by atoms with van der Waals surface area (Å²) in [6.07, 6.45) is 0. The SMILES string of the molecule is Brc1cccc(-c2ccc(-c3ccc4c5ccccc5n(-c5ccc(-c6ccccc6)c(-c6ccccc6)c5)c4c3)cc2)c1. The van der Waals surface area contributed by atoms with Crippen LogP contribution in [-0.2, 0) is 0 Å². The predicted molar refractivity (Wildman–Crippen MR) is 190 cm³/mol. The van der Waals surface area contributed by atoms with Crippen LogP contribution in [0.15, 0.2) is 174 Å². The molecule has 208 valence electrons. The summed E-state index contributed by atoms with van der Waals surface area (Å²) >= 11 is 3.61. The Morgan fingerprint density at radius 1 is 0.341 bits per heavy atom. The molecule has 1 heterocycles. The highest BCUT2D eigenvalue weighted by Gasteiger charge is 2.16. The fourth-order valence-corrected chi connectivity index (χ4v) is 6.75. The van der Waals surface area contributed by atoms with Crippen molar-refractivity contribution in [2.45, 2.75) is 0 Å². The molecule has 0 atom stereocenters. The van der Waals surface area contributed by atoms with Gasteiger partial charge in [-0.25, -0.2) is 0 Å². The molecule has 2 heteroatoms. The number of benzene rings is 7. The highest BCUT2D eigenvalue weighted by molar-refractivity contribution is 9.10. The Balaban J connectivity index is 1.30. The second-order valence-corrected chi connectivity index (χ2v) is 12.0. The number of hydrogen-bond acceptors (Lipinski definition) is 0. The normalized spacial score (nSPS) is 11.3. The molecule has 8 rings (SSSR count). The van der Waals surface area contributed by atoms with Gasteiger partial charge in [-0.3, -0.25) is 0 Å². The summed E-state index contributed by atoms with van der Waals surface area (Å²) in [5.41, 5.74) is 13.2. The van der Waals surface area contributed by atoms with Crippen molar-refractivity contribution in [3.05, 3.63) is 174 Å². The van der Waals surface area contributed by atoms with Crippen molar-refractivity contribution in [2.75, 3.05) is 0 Å². The number of nitrogens with zero attached hydrogens (tertiary/aromatic N) is 1. The highest BCUT2D eigenvalue weighted by atomic mass is 79.9. The zero-order valence-corrected chi connectivity index (χ0v) is 25.6. The maximum atomic E-state index is 3.61. The van der Waals surface area contributed by atoms with Crippen LogP contribution < -0.4 is 0 Å². The van der Waals surface area contributed by atoms with Crippen LogP contribution in [0.3, 0.4) is 0 Å². The molecule has 0 spiro atoms. The molecule has 0 bridgehead atoms. The third-order valence-corrected chi connectivity index (χ3v) is 8.97. The lowest BCUT2D eigenvalue weighted by molar-refractivity contribution is 1.18. The molecule has 0 unspecified atom stereocenters. The van der Waals surface area contributed by atoms with Gasteiger partial charge in [0.15, 0.2) is 0 Å². The molecule has 7 aromatic carbocycles. The van der Waals surface area contributed by atoms with Gasteiger partial charge in [-0.15, -0.1) is 0 Å². The summed E-state index contributed by atoms with van der Waals surface area (Å²) in [6.45, 7) is 0. The first-order valence-corrected chi connectivity index (χ1v) is 15.7. The van der Waals surface area contributed by atoms with E-state index in [0.29, 0.717) is 0 Å². The Hall–Kier alpha value is -5.18. The standard InChI is InChI=1S/C42H28BrN/c43-35-15-9-14-33(26-35)29-18-20-30(21-19-29)34-22-24-39-38-16-7-8-17-41(38)44(42(39)27-34)36-23-25-37(31-10-3-1-4-11-31)40(28-36)32-12-5-2-6-13-32/h1-28H. The number of hydrogen-bond donors (Lipinski definition) is 0. The third-order valence-electron chi connectivity index (χ3n) is 8.48. The van der Waals surface area contributed by atoms with E-state index in [0.717, 1.165) is 10.2 Å².